The Morgan fingerprint density at radius 1 is 1.39 bits per heavy atom. The SMILES string of the molecule is CN(C)C(=S)Sc1ncc([N+](=O)[O-])cc1[N+](=O)[O-]. The summed E-state index contributed by atoms with van der Waals surface area (Å²) >= 11 is 5.89. The second-order valence-electron chi connectivity index (χ2n) is 3.29. The van der Waals surface area contributed by atoms with E-state index in [0.717, 1.165) is 24.0 Å². The number of nitrogens with zero attached hydrogens (tertiary/aromatic N) is 4. The third-order valence-corrected chi connectivity index (χ3v) is 3.44. The third kappa shape index (κ3) is 3.34. The summed E-state index contributed by atoms with van der Waals surface area (Å²) in [7, 11) is 3.37. The van der Waals surface area contributed by atoms with Gasteiger partial charge in [-0.15, -0.1) is 0 Å². The molecule has 10 heteroatoms. The summed E-state index contributed by atoms with van der Waals surface area (Å²) < 4.78 is 0.374. The molecule has 0 fully saturated rings. The smallest absolute Gasteiger partial charge is 0.308 e. The highest BCUT2D eigenvalue weighted by atomic mass is 32.2. The molecule has 0 aliphatic rings. The summed E-state index contributed by atoms with van der Waals surface area (Å²) in [5.41, 5.74) is -0.861. The van der Waals surface area contributed by atoms with Crippen LogP contribution in [0.2, 0.25) is 0 Å². The molecule has 1 heterocycles. The summed E-state index contributed by atoms with van der Waals surface area (Å²) in [6, 6.07) is 0.869. The van der Waals surface area contributed by atoms with E-state index in [1.54, 1.807) is 19.0 Å². The molecule has 0 bridgehead atoms. The number of aromatic nitrogens is 1. The largest absolute Gasteiger partial charge is 0.363 e. The topological polar surface area (TPSA) is 102 Å². The first kappa shape index (κ1) is 14.3. The van der Waals surface area contributed by atoms with Gasteiger partial charge in [-0.05, 0) is 11.8 Å². The van der Waals surface area contributed by atoms with Crippen molar-refractivity contribution in [3.8, 4) is 0 Å². The van der Waals surface area contributed by atoms with Crippen molar-refractivity contribution in [3.05, 3.63) is 32.5 Å². The molecule has 0 radical (unpaired) electrons. The van der Waals surface area contributed by atoms with Gasteiger partial charge in [-0.25, -0.2) is 4.98 Å². The van der Waals surface area contributed by atoms with Crippen LogP contribution in [0.5, 0.6) is 0 Å². The van der Waals surface area contributed by atoms with Crippen LogP contribution in [0.4, 0.5) is 11.4 Å². The number of hydrogen-bond donors (Lipinski definition) is 0. The summed E-state index contributed by atoms with van der Waals surface area (Å²) in [5, 5.41) is 21.4. The molecular weight excluding hydrogens is 280 g/mol. The Balaban J connectivity index is 3.16. The molecule has 0 amide bonds. The minimum absolute atomic E-state index is 0.0318. The van der Waals surface area contributed by atoms with Crippen molar-refractivity contribution < 1.29 is 9.85 Å². The second kappa shape index (κ2) is 5.69. The fourth-order valence-electron chi connectivity index (χ4n) is 0.913. The van der Waals surface area contributed by atoms with Gasteiger partial charge >= 0.3 is 5.69 Å². The molecule has 1 aromatic rings. The van der Waals surface area contributed by atoms with Crippen molar-refractivity contribution in [1.29, 1.82) is 0 Å². The van der Waals surface area contributed by atoms with E-state index < -0.39 is 21.2 Å². The van der Waals surface area contributed by atoms with Crippen LogP contribution in [0.1, 0.15) is 0 Å². The van der Waals surface area contributed by atoms with Gasteiger partial charge in [0.1, 0.15) is 10.5 Å². The molecule has 8 nitrogen and oxygen atoms in total. The van der Waals surface area contributed by atoms with E-state index >= 15 is 0 Å². The van der Waals surface area contributed by atoms with Crippen LogP contribution in [-0.4, -0.2) is 38.1 Å². The van der Waals surface area contributed by atoms with Crippen molar-refractivity contribution >= 4 is 39.7 Å². The maximum atomic E-state index is 10.8. The average Bonchev–Trinajstić information content (AvgIpc) is 2.28. The molecule has 0 atom stereocenters. The van der Waals surface area contributed by atoms with Crippen LogP contribution in [0.3, 0.4) is 0 Å². The van der Waals surface area contributed by atoms with Crippen molar-refractivity contribution in [3.63, 3.8) is 0 Å². The number of pyridine rings is 1. The lowest BCUT2D eigenvalue weighted by molar-refractivity contribution is -0.396. The van der Waals surface area contributed by atoms with Crippen LogP contribution < -0.4 is 0 Å². The molecule has 0 N–H and O–H groups in total. The Kier molecular flexibility index (Phi) is 4.50. The highest BCUT2D eigenvalue weighted by Crippen LogP contribution is 2.31. The molecule has 0 unspecified atom stereocenters. The van der Waals surface area contributed by atoms with Crippen LogP contribution in [0, 0.1) is 20.2 Å². The van der Waals surface area contributed by atoms with Gasteiger partial charge < -0.3 is 4.90 Å². The van der Waals surface area contributed by atoms with Gasteiger partial charge in [0.15, 0.2) is 5.03 Å². The molecule has 0 saturated heterocycles. The highest BCUT2D eigenvalue weighted by molar-refractivity contribution is 8.22. The number of thiocarbonyl (C=S) groups is 1. The van der Waals surface area contributed by atoms with Crippen molar-refractivity contribution in [2.45, 2.75) is 5.03 Å². The zero-order chi connectivity index (χ0) is 13.9. The molecular formula is C8H8N4O4S2. The predicted molar refractivity (Wildman–Crippen MR) is 69.7 cm³/mol. The average molecular weight is 288 g/mol. The molecule has 0 spiro atoms. The molecule has 18 heavy (non-hydrogen) atoms. The number of rotatable bonds is 3. The lowest BCUT2D eigenvalue weighted by atomic mass is 10.4. The minimum Gasteiger partial charge on any atom is -0.363 e. The molecule has 0 aliphatic heterocycles. The number of hydrogen-bond acceptors (Lipinski definition) is 7. The van der Waals surface area contributed by atoms with E-state index in [4.69, 9.17) is 12.2 Å². The summed E-state index contributed by atoms with van der Waals surface area (Å²) in [5.74, 6) is 0. The van der Waals surface area contributed by atoms with Crippen LogP contribution in [0.25, 0.3) is 0 Å². The quantitative estimate of drug-likeness (QED) is 0.359. The van der Waals surface area contributed by atoms with Gasteiger partial charge in [0, 0.05) is 14.1 Å². The van der Waals surface area contributed by atoms with Gasteiger partial charge in [0.25, 0.3) is 5.69 Å². The van der Waals surface area contributed by atoms with Gasteiger partial charge in [-0.2, -0.15) is 0 Å². The Bertz CT molecular complexity index is 520. The Labute approximate surface area is 111 Å². The van der Waals surface area contributed by atoms with Gasteiger partial charge in [0.05, 0.1) is 15.9 Å². The Morgan fingerprint density at radius 2 is 2.00 bits per heavy atom. The Morgan fingerprint density at radius 3 is 2.44 bits per heavy atom. The van der Waals surface area contributed by atoms with E-state index in [1.165, 1.54) is 0 Å². The Hall–Kier alpha value is -1.81. The first-order valence-corrected chi connectivity index (χ1v) is 5.73. The van der Waals surface area contributed by atoms with Crippen LogP contribution in [0.15, 0.2) is 17.3 Å². The monoisotopic (exact) mass is 288 g/mol. The zero-order valence-electron chi connectivity index (χ0n) is 9.39. The first-order valence-electron chi connectivity index (χ1n) is 4.51. The van der Waals surface area contributed by atoms with E-state index in [9.17, 15) is 20.2 Å². The number of nitro groups is 2. The normalized spacial score (nSPS) is 9.89. The van der Waals surface area contributed by atoms with E-state index in [-0.39, 0.29) is 5.03 Å². The number of thioether (sulfide) groups is 1. The fraction of sp³-hybridized carbons (Fsp3) is 0.250. The van der Waals surface area contributed by atoms with E-state index in [0.29, 0.717) is 4.32 Å². The van der Waals surface area contributed by atoms with E-state index in [2.05, 4.69) is 4.98 Å². The minimum atomic E-state index is -0.737. The highest BCUT2D eigenvalue weighted by Gasteiger charge is 2.22. The maximum Gasteiger partial charge on any atom is 0.308 e. The zero-order valence-corrected chi connectivity index (χ0v) is 11.0. The third-order valence-electron chi connectivity index (χ3n) is 1.77. The first-order chi connectivity index (χ1) is 8.32. The van der Waals surface area contributed by atoms with Gasteiger partial charge in [-0.1, -0.05) is 12.2 Å². The van der Waals surface area contributed by atoms with Crippen molar-refractivity contribution in [1.82, 2.24) is 9.88 Å². The van der Waals surface area contributed by atoms with Crippen molar-refractivity contribution in [2.75, 3.05) is 14.1 Å². The summed E-state index contributed by atoms with van der Waals surface area (Å²) in [6.07, 6.45) is 0.966. The summed E-state index contributed by atoms with van der Waals surface area (Å²) in [4.78, 5) is 25.2. The van der Waals surface area contributed by atoms with Crippen molar-refractivity contribution in [2.24, 2.45) is 0 Å². The lowest BCUT2D eigenvalue weighted by Crippen LogP contribution is -2.16. The predicted octanol–water partition coefficient (Wildman–Crippen LogP) is 1.84. The van der Waals surface area contributed by atoms with Crippen LogP contribution >= 0.6 is 24.0 Å². The van der Waals surface area contributed by atoms with E-state index in [1.807, 2.05) is 0 Å². The molecule has 96 valence electrons. The molecule has 0 aromatic carbocycles. The van der Waals surface area contributed by atoms with Crippen LogP contribution in [-0.2, 0) is 0 Å². The van der Waals surface area contributed by atoms with Gasteiger partial charge in [0.2, 0.25) is 0 Å². The second-order valence-corrected chi connectivity index (χ2v) is 4.92. The van der Waals surface area contributed by atoms with Gasteiger partial charge in [-0.3, -0.25) is 20.2 Å². The molecule has 1 rings (SSSR count). The molecule has 0 aliphatic carbocycles. The maximum absolute atomic E-state index is 10.8. The lowest BCUT2D eigenvalue weighted by Gasteiger charge is -2.11. The summed E-state index contributed by atoms with van der Waals surface area (Å²) in [6.45, 7) is 0. The standard InChI is InChI=1S/C8H8N4O4S2/c1-10(2)8(17)18-7-6(12(15)16)3-5(4-9-7)11(13)14/h3-4H,1-2H3. The molecule has 0 saturated carbocycles. The fourth-order valence-corrected chi connectivity index (χ4v) is 1.84. The molecule has 1 aromatic heterocycles.